The molecule has 1 aromatic heterocycles. The number of hydrogen-bond acceptors (Lipinski definition) is 3. The molecule has 0 spiro atoms. The lowest BCUT2D eigenvalue weighted by molar-refractivity contribution is 0.173. The van der Waals surface area contributed by atoms with Crippen LogP contribution in [0.2, 0.25) is 0 Å². The quantitative estimate of drug-likeness (QED) is 0.917. The molecule has 1 N–H and O–H groups in total. The molecule has 2 rings (SSSR count). The van der Waals surface area contributed by atoms with Crippen LogP contribution in [0.1, 0.15) is 37.5 Å². The van der Waals surface area contributed by atoms with E-state index in [1.807, 2.05) is 17.8 Å². The molecule has 0 saturated heterocycles. The zero-order chi connectivity index (χ0) is 10.7. The van der Waals surface area contributed by atoms with Crippen molar-refractivity contribution in [1.29, 1.82) is 0 Å². The molecule has 1 saturated carbocycles. The Labute approximate surface area is 103 Å². The van der Waals surface area contributed by atoms with Gasteiger partial charge in [-0.15, -0.1) is 0 Å². The van der Waals surface area contributed by atoms with Gasteiger partial charge in [-0.1, -0.05) is 12.8 Å². The highest BCUT2D eigenvalue weighted by molar-refractivity contribution is 9.10. The summed E-state index contributed by atoms with van der Waals surface area (Å²) < 4.78 is 6.09. The van der Waals surface area contributed by atoms with Crippen molar-refractivity contribution in [2.75, 3.05) is 5.75 Å². The summed E-state index contributed by atoms with van der Waals surface area (Å²) in [6.07, 6.45) is 6.41. The first kappa shape index (κ1) is 11.6. The summed E-state index contributed by atoms with van der Waals surface area (Å²) in [5.41, 5.74) is 0. The Hall–Kier alpha value is 0.0700. The minimum Gasteiger partial charge on any atom is -0.465 e. The van der Waals surface area contributed by atoms with Gasteiger partial charge < -0.3 is 9.52 Å². The molecule has 0 radical (unpaired) electrons. The Morgan fingerprint density at radius 2 is 2.27 bits per heavy atom. The molecule has 1 aromatic rings. The third-order valence-electron chi connectivity index (χ3n) is 2.74. The number of hydrogen-bond donors (Lipinski definition) is 1. The maximum Gasteiger partial charge on any atom is 0.147 e. The van der Waals surface area contributed by atoms with Crippen LogP contribution in [0.3, 0.4) is 0 Å². The van der Waals surface area contributed by atoms with E-state index in [9.17, 15) is 5.11 Å². The highest BCUT2D eigenvalue weighted by atomic mass is 79.9. The SMILES string of the molecule is OC(CSC1CCCC1)c1occc1Br. The van der Waals surface area contributed by atoms with Crippen LogP contribution in [0.5, 0.6) is 0 Å². The molecule has 0 aliphatic heterocycles. The van der Waals surface area contributed by atoms with Gasteiger partial charge in [0.25, 0.3) is 0 Å². The van der Waals surface area contributed by atoms with Crippen LogP contribution in [0.4, 0.5) is 0 Å². The fraction of sp³-hybridized carbons (Fsp3) is 0.636. The second kappa shape index (κ2) is 5.41. The number of thioether (sulfide) groups is 1. The van der Waals surface area contributed by atoms with Crippen LogP contribution < -0.4 is 0 Å². The summed E-state index contributed by atoms with van der Waals surface area (Å²) >= 11 is 5.23. The van der Waals surface area contributed by atoms with Gasteiger partial charge in [-0.25, -0.2) is 0 Å². The second-order valence-electron chi connectivity index (χ2n) is 3.89. The maximum absolute atomic E-state index is 9.91. The molecule has 1 unspecified atom stereocenters. The lowest BCUT2D eigenvalue weighted by Gasteiger charge is -2.12. The van der Waals surface area contributed by atoms with Crippen molar-refractivity contribution in [2.45, 2.75) is 37.0 Å². The van der Waals surface area contributed by atoms with Gasteiger partial charge in [-0.3, -0.25) is 0 Å². The summed E-state index contributed by atoms with van der Waals surface area (Å²) in [5.74, 6) is 1.39. The summed E-state index contributed by atoms with van der Waals surface area (Å²) in [4.78, 5) is 0. The fourth-order valence-electron chi connectivity index (χ4n) is 1.90. The molecule has 84 valence electrons. The van der Waals surface area contributed by atoms with Crippen LogP contribution in [-0.2, 0) is 0 Å². The average Bonchev–Trinajstić information content (AvgIpc) is 2.84. The van der Waals surface area contributed by atoms with E-state index in [0.29, 0.717) is 5.76 Å². The van der Waals surface area contributed by atoms with Crippen molar-refractivity contribution in [3.8, 4) is 0 Å². The van der Waals surface area contributed by atoms with Gasteiger partial charge in [0.2, 0.25) is 0 Å². The molecule has 0 bridgehead atoms. The van der Waals surface area contributed by atoms with Gasteiger partial charge in [-0.05, 0) is 34.8 Å². The topological polar surface area (TPSA) is 33.4 Å². The summed E-state index contributed by atoms with van der Waals surface area (Å²) in [6, 6.07) is 1.82. The Kier molecular flexibility index (Phi) is 4.17. The summed E-state index contributed by atoms with van der Waals surface area (Å²) in [5, 5.41) is 10.6. The Bertz CT molecular complexity index is 307. The van der Waals surface area contributed by atoms with Gasteiger partial charge in [0.1, 0.15) is 11.9 Å². The Balaban J connectivity index is 1.81. The number of rotatable bonds is 4. The standard InChI is InChI=1S/C11H15BrO2S/c12-9-5-6-14-11(9)10(13)7-15-8-3-1-2-4-8/h5-6,8,10,13H,1-4,7H2. The van der Waals surface area contributed by atoms with Gasteiger partial charge in [0, 0.05) is 11.0 Å². The first-order valence-corrected chi connectivity index (χ1v) is 7.14. The molecule has 0 aromatic carbocycles. The zero-order valence-electron chi connectivity index (χ0n) is 8.49. The van der Waals surface area contributed by atoms with Crippen molar-refractivity contribution in [3.05, 3.63) is 22.6 Å². The molecule has 2 nitrogen and oxygen atoms in total. The summed E-state index contributed by atoms with van der Waals surface area (Å²) in [7, 11) is 0. The van der Waals surface area contributed by atoms with Crippen molar-refractivity contribution < 1.29 is 9.52 Å². The third-order valence-corrected chi connectivity index (χ3v) is 4.85. The van der Waals surface area contributed by atoms with Crippen molar-refractivity contribution in [1.82, 2.24) is 0 Å². The van der Waals surface area contributed by atoms with Crippen LogP contribution in [0.15, 0.2) is 21.2 Å². The van der Waals surface area contributed by atoms with E-state index in [1.54, 1.807) is 6.26 Å². The van der Waals surface area contributed by atoms with Gasteiger partial charge >= 0.3 is 0 Å². The van der Waals surface area contributed by atoms with Crippen LogP contribution in [0, 0.1) is 0 Å². The Morgan fingerprint density at radius 3 is 2.87 bits per heavy atom. The number of aliphatic hydroxyl groups is 1. The van der Waals surface area contributed by atoms with E-state index in [1.165, 1.54) is 25.7 Å². The highest BCUT2D eigenvalue weighted by Crippen LogP contribution is 2.33. The van der Waals surface area contributed by atoms with Crippen molar-refractivity contribution in [2.24, 2.45) is 0 Å². The highest BCUT2D eigenvalue weighted by Gasteiger charge is 2.20. The van der Waals surface area contributed by atoms with Crippen LogP contribution >= 0.6 is 27.7 Å². The lowest BCUT2D eigenvalue weighted by Crippen LogP contribution is -2.04. The molecular weight excluding hydrogens is 276 g/mol. The van der Waals surface area contributed by atoms with E-state index in [4.69, 9.17) is 4.42 Å². The normalized spacial score (nSPS) is 19.6. The van der Waals surface area contributed by atoms with Crippen LogP contribution in [-0.4, -0.2) is 16.1 Å². The zero-order valence-corrected chi connectivity index (χ0v) is 10.9. The maximum atomic E-state index is 9.91. The monoisotopic (exact) mass is 290 g/mol. The van der Waals surface area contributed by atoms with Crippen LogP contribution in [0.25, 0.3) is 0 Å². The van der Waals surface area contributed by atoms with E-state index in [0.717, 1.165) is 15.5 Å². The minimum atomic E-state index is -0.486. The lowest BCUT2D eigenvalue weighted by atomic mass is 10.3. The molecule has 1 heterocycles. The smallest absolute Gasteiger partial charge is 0.147 e. The first-order valence-electron chi connectivity index (χ1n) is 5.30. The molecule has 15 heavy (non-hydrogen) atoms. The van der Waals surface area contributed by atoms with Crippen molar-refractivity contribution in [3.63, 3.8) is 0 Å². The van der Waals surface area contributed by atoms with Gasteiger partial charge in [0.15, 0.2) is 0 Å². The second-order valence-corrected chi connectivity index (χ2v) is 6.08. The predicted octanol–water partition coefficient (Wildman–Crippen LogP) is 3.75. The number of furan rings is 1. The first-order chi connectivity index (χ1) is 7.27. The largest absolute Gasteiger partial charge is 0.465 e. The van der Waals surface area contributed by atoms with Gasteiger partial charge in [-0.2, -0.15) is 11.8 Å². The molecule has 1 aliphatic carbocycles. The average molecular weight is 291 g/mol. The molecule has 4 heteroatoms. The van der Waals surface area contributed by atoms with E-state index in [-0.39, 0.29) is 0 Å². The predicted molar refractivity (Wildman–Crippen MR) is 66.1 cm³/mol. The molecule has 1 atom stereocenters. The molecule has 0 amide bonds. The minimum absolute atomic E-state index is 0.486. The number of aliphatic hydroxyl groups excluding tert-OH is 1. The Morgan fingerprint density at radius 1 is 1.53 bits per heavy atom. The van der Waals surface area contributed by atoms with Crippen molar-refractivity contribution >= 4 is 27.7 Å². The van der Waals surface area contributed by atoms with E-state index >= 15 is 0 Å². The van der Waals surface area contributed by atoms with E-state index in [2.05, 4.69) is 15.9 Å². The molecule has 1 aliphatic rings. The summed E-state index contributed by atoms with van der Waals surface area (Å²) in [6.45, 7) is 0. The molecule has 1 fully saturated rings. The third kappa shape index (κ3) is 3.02. The number of halogens is 1. The van der Waals surface area contributed by atoms with Gasteiger partial charge in [0.05, 0.1) is 10.7 Å². The van der Waals surface area contributed by atoms with E-state index < -0.39 is 6.10 Å². The fourth-order valence-corrected chi connectivity index (χ4v) is 3.64. The molecular formula is C11H15BrO2S.